The SMILES string of the molecule is C/C=C\C.C=CCC.C=CCC. The predicted octanol–water partition coefficient (Wildman–Crippen LogP) is 4.75. The van der Waals surface area contributed by atoms with Crippen molar-refractivity contribution in [3.05, 3.63) is 37.5 Å². The van der Waals surface area contributed by atoms with E-state index in [2.05, 4.69) is 27.0 Å². The van der Waals surface area contributed by atoms with E-state index in [1.807, 2.05) is 38.2 Å². The van der Waals surface area contributed by atoms with Crippen molar-refractivity contribution in [3.8, 4) is 0 Å². The van der Waals surface area contributed by atoms with E-state index in [0.717, 1.165) is 12.8 Å². The van der Waals surface area contributed by atoms with Crippen LogP contribution < -0.4 is 0 Å². The standard InChI is InChI=1S/3C4H8/c3*1-3-4-2/h3-4H,1-2H3;2*3H,1,4H2,2H3/b4-3-;;. The third kappa shape index (κ3) is 126. The van der Waals surface area contributed by atoms with Crippen LogP contribution in [0.3, 0.4) is 0 Å². The minimum absolute atomic E-state index is 1.08. The molecule has 0 N–H and O–H groups in total. The van der Waals surface area contributed by atoms with Crippen LogP contribution in [0.2, 0.25) is 0 Å². The molecule has 0 aromatic carbocycles. The summed E-state index contributed by atoms with van der Waals surface area (Å²) in [6, 6.07) is 0. The molecule has 0 nitrogen and oxygen atoms in total. The zero-order valence-electron chi connectivity index (χ0n) is 9.14. The molecule has 0 bridgehead atoms. The van der Waals surface area contributed by atoms with Crippen LogP contribution in [-0.2, 0) is 0 Å². The van der Waals surface area contributed by atoms with Crippen LogP contribution in [0.15, 0.2) is 37.5 Å². The molecule has 0 radical (unpaired) electrons. The van der Waals surface area contributed by atoms with Gasteiger partial charge in [-0.15, -0.1) is 13.2 Å². The van der Waals surface area contributed by atoms with Gasteiger partial charge in [0.05, 0.1) is 0 Å². The summed E-state index contributed by atoms with van der Waals surface area (Å²) in [6.45, 7) is 15.1. The molecular weight excluding hydrogens is 144 g/mol. The fraction of sp³-hybridized carbons (Fsp3) is 0.500. The maximum Gasteiger partial charge on any atom is -0.0382 e. The molecule has 0 heterocycles. The molecule has 0 aliphatic rings. The van der Waals surface area contributed by atoms with Gasteiger partial charge < -0.3 is 0 Å². The molecule has 0 fully saturated rings. The Kier molecular flexibility index (Phi) is 46.1. The monoisotopic (exact) mass is 168 g/mol. The topological polar surface area (TPSA) is 0 Å². The summed E-state index contributed by atoms with van der Waals surface area (Å²) in [4.78, 5) is 0. The van der Waals surface area contributed by atoms with E-state index in [0.29, 0.717) is 0 Å². The number of hydrogen-bond acceptors (Lipinski definition) is 0. The lowest BCUT2D eigenvalue weighted by Crippen LogP contribution is -1.36. The van der Waals surface area contributed by atoms with Gasteiger partial charge in [0.25, 0.3) is 0 Å². The fourth-order valence-corrected chi connectivity index (χ4v) is 0. The number of hydrogen-bond donors (Lipinski definition) is 0. The minimum Gasteiger partial charge on any atom is -0.103 e. The maximum atomic E-state index is 3.48. The van der Waals surface area contributed by atoms with Crippen molar-refractivity contribution >= 4 is 0 Å². The number of allylic oxidation sites excluding steroid dienone is 4. The van der Waals surface area contributed by atoms with Crippen molar-refractivity contribution in [1.29, 1.82) is 0 Å². The largest absolute Gasteiger partial charge is 0.103 e. The van der Waals surface area contributed by atoms with E-state index in [1.54, 1.807) is 0 Å². The Morgan fingerprint density at radius 3 is 1.00 bits per heavy atom. The fourth-order valence-electron chi connectivity index (χ4n) is 0. The average Bonchev–Trinajstić information content (AvgIpc) is 2.18. The quantitative estimate of drug-likeness (QED) is 0.522. The van der Waals surface area contributed by atoms with Gasteiger partial charge in [0.1, 0.15) is 0 Å². The third-order valence-corrected chi connectivity index (χ3v) is 0.911. The minimum atomic E-state index is 1.08. The first-order valence-corrected chi connectivity index (χ1v) is 4.54. The summed E-state index contributed by atoms with van der Waals surface area (Å²) in [5.41, 5.74) is 0. The molecule has 0 rings (SSSR count). The second-order valence-corrected chi connectivity index (χ2v) is 2.06. The Balaban J connectivity index is -0.000000101. The van der Waals surface area contributed by atoms with E-state index in [1.165, 1.54) is 0 Å². The normalized spacial score (nSPS) is 7.33. The first kappa shape index (κ1) is 17.3. The zero-order valence-corrected chi connectivity index (χ0v) is 9.14. The summed E-state index contributed by atoms with van der Waals surface area (Å²) < 4.78 is 0. The van der Waals surface area contributed by atoms with Crippen LogP contribution in [0.25, 0.3) is 0 Å². The first-order valence-electron chi connectivity index (χ1n) is 4.54. The van der Waals surface area contributed by atoms with Gasteiger partial charge in [0.15, 0.2) is 0 Å². The van der Waals surface area contributed by atoms with Crippen molar-refractivity contribution in [1.82, 2.24) is 0 Å². The lowest BCUT2D eigenvalue weighted by atomic mass is 10.5. The van der Waals surface area contributed by atoms with E-state index < -0.39 is 0 Å². The van der Waals surface area contributed by atoms with Crippen molar-refractivity contribution in [3.63, 3.8) is 0 Å². The number of rotatable bonds is 2. The second kappa shape index (κ2) is 31.9. The van der Waals surface area contributed by atoms with Gasteiger partial charge in [0, 0.05) is 0 Å². The molecule has 0 atom stereocenters. The smallest absolute Gasteiger partial charge is 0.0382 e. The Bertz CT molecular complexity index is 76.2. The third-order valence-electron chi connectivity index (χ3n) is 0.911. The van der Waals surface area contributed by atoms with E-state index in [-0.39, 0.29) is 0 Å². The molecule has 0 heteroatoms. The zero-order chi connectivity index (χ0) is 10.2. The molecule has 0 saturated heterocycles. The second-order valence-electron chi connectivity index (χ2n) is 2.06. The van der Waals surface area contributed by atoms with Crippen molar-refractivity contribution in [2.75, 3.05) is 0 Å². The molecular formula is C12H24. The van der Waals surface area contributed by atoms with Gasteiger partial charge >= 0.3 is 0 Å². The lowest BCUT2D eigenvalue weighted by Gasteiger charge is -1.57. The summed E-state index contributed by atoms with van der Waals surface area (Å²) in [5.74, 6) is 0. The highest BCUT2D eigenvalue weighted by molar-refractivity contribution is 4.68. The summed E-state index contributed by atoms with van der Waals surface area (Å²) in [6.07, 6.45) is 9.92. The van der Waals surface area contributed by atoms with Crippen molar-refractivity contribution in [2.24, 2.45) is 0 Å². The Morgan fingerprint density at radius 1 is 0.833 bits per heavy atom. The summed E-state index contributed by atoms with van der Waals surface area (Å²) in [7, 11) is 0. The Morgan fingerprint density at radius 2 is 1.00 bits per heavy atom. The van der Waals surface area contributed by atoms with Gasteiger partial charge in [0.2, 0.25) is 0 Å². The van der Waals surface area contributed by atoms with Crippen LogP contribution in [0.1, 0.15) is 40.5 Å². The summed E-state index contributed by atoms with van der Waals surface area (Å²) >= 11 is 0. The molecule has 0 aromatic heterocycles. The molecule has 0 amide bonds. The van der Waals surface area contributed by atoms with Crippen molar-refractivity contribution in [2.45, 2.75) is 40.5 Å². The highest BCUT2D eigenvalue weighted by atomic mass is 13.5. The Labute approximate surface area is 78.7 Å². The molecule has 0 saturated carbocycles. The first-order chi connectivity index (χ1) is 5.74. The summed E-state index contributed by atoms with van der Waals surface area (Å²) in [5, 5.41) is 0. The van der Waals surface area contributed by atoms with Gasteiger partial charge in [-0.2, -0.15) is 0 Å². The molecule has 0 aliphatic carbocycles. The van der Waals surface area contributed by atoms with E-state index >= 15 is 0 Å². The van der Waals surface area contributed by atoms with E-state index in [4.69, 9.17) is 0 Å². The van der Waals surface area contributed by atoms with E-state index in [9.17, 15) is 0 Å². The van der Waals surface area contributed by atoms with Gasteiger partial charge in [-0.3, -0.25) is 0 Å². The molecule has 0 unspecified atom stereocenters. The van der Waals surface area contributed by atoms with Crippen LogP contribution in [0, 0.1) is 0 Å². The molecule has 72 valence electrons. The van der Waals surface area contributed by atoms with Gasteiger partial charge in [-0.1, -0.05) is 38.2 Å². The van der Waals surface area contributed by atoms with Crippen LogP contribution in [-0.4, -0.2) is 0 Å². The molecule has 12 heavy (non-hydrogen) atoms. The van der Waals surface area contributed by atoms with Crippen LogP contribution in [0.4, 0.5) is 0 Å². The van der Waals surface area contributed by atoms with Crippen LogP contribution >= 0.6 is 0 Å². The highest BCUT2D eigenvalue weighted by Gasteiger charge is 1.45. The molecule has 0 spiro atoms. The Hall–Kier alpha value is -0.780. The maximum absolute atomic E-state index is 3.48. The molecule has 0 aromatic rings. The highest BCUT2D eigenvalue weighted by Crippen LogP contribution is 1.66. The average molecular weight is 168 g/mol. The molecule has 0 aliphatic heterocycles. The van der Waals surface area contributed by atoms with Crippen LogP contribution in [0.5, 0.6) is 0 Å². The van der Waals surface area contributed by atoms with Gasteiger partial charge in [-0.05, 0) is 26.7 Å². The lowest BCUT2D eigenvalue weighted by molar-refractivity contribution is 1.23. The van der Waals surface area contributed by atoms with Gasteiger partial charge in [-0.25, -0.2) is 0 Å². The van der Waals surface area contributed by atoms with Crippen molar-refractivity contribution < 1.29 is 0 Å². The predicted molar refractivity (Wildman–Crippen MR) is 61.5 cm³/mol.